The maximum Gasteiger partial charge on any atom is 0.248 e. The number of rotatable bonds is 5. The van der Waals surface area contributed by atoms with Gasteiger partial charge in [-0.25, -0.2) is 9.37 Å². The highest BCUT2D eigenvalue weighted by molar-refractivity contribution is 6.43. The molecule has 0 atom stereocenters. The minimum atomic E-state index is -0.347. The Morgan fingerprint density at radius 3 is 2.62 bits per heavy atom. The van der Waals surface area contributed by atoms with E-state index in [0.29, 0.717) is 55.4 Å². The van der Waals surface area contributed by atoms with E-state index in [2.05, 4.69) is 10.3 Å². The number of hydrogen-bond acceptors (Lipinski definition) is 4. The topological polar surface area (TPSA) is 68.3 Å². The lowest BCUT2D eigenvalue weighted by Crippen LogP contribution is -2.07. The van der Waals surface area contributed by atoms with Gasteiger partial charge < -0.3 is 14.2 Å². The minimum Gasteiger partial charge on any atom is -0.457 e. The summed E-state index contributed by atoms with van der Waals surface area (Å²) < 4.78 is 24.6. The van der Waals surface area contributed by atoms with Crippen LogP contribution in [0.1, 0.15) is 5.76 Å². The molecule has 0 saturated carbocycles. The predicted octanol–water partition coefficient (Wildman–Crippen LogP) is 7.85. The van der Waals surface area contributed by atoms with Crippen LogP contribution in [0.2, 0.25) is 10.0 Å². The molecule has 2 aromatic heterocycles. The molecule has 168 valence electrons. The normalized spacial score (nSPS) is 11.4. The van der Waals surface area contributed by atoms with Gasteiger partial charge in [-0.2, -0.15) is 0 Å². The molecule has 1 N–H and O–H groups in total. The molecule has 2 heterocycles. The van der Waals surface area contributed by atoms with Gasteiger partial charge in [0.25, 0.3) is 0 Å². The van der Waals surface area contributed by atoms with Gasteiger partial charge in [-0.05, 0) is 72.8 Å². The summed E-state index contributed by atoms with van der Waals surface area (Å²) in [5.74, 6) is 0.710. The first-order valence-corrected chi connectivity index (χ1v) is 10.9. The summed E-state index contributed by atoms with van der Waals surface area (Å²) in [7, 11) is 0. The van der Waals surface area contributed by atoms with Gasteiger partial charge in [-0.15, -0.1) is 0 Å². The smallest absolute Gasteiger partial charge is 0.248 e. The second-order valence-electron chi connectivity index (χ2n) is 7.33. The number of benzene rings is 3. The second kappa shape index (κ2) is 9.17. The molecule has 0 aliphatic carbocycles. The van der Waals surface area contributed by atoms with Crippen molar-refractivity contribution in [3.8, 4) is 22.8 Å². The molecule has 5 rings (SSSR count). The standard InChI is InChI=1S/C26H15Cl2FN2O3/c27-20-3-1-2-19(25(20)28)22-12-9-18(33-22)10-13-24(32)30-17-8-11-23-21(14-17)31-26(34-23)15-4-6-16(29)7-5-15/h1-14H,(H,30,32). The Kier molecular flexibility index (Phi) is 5.92. The predicted molar refractivity (Wildman–Crippen MR) is 131 cm³/mol. The van der Waals surface area contributed by atoms with E-state index in [1.165, 1.54) is 18.2 Å². The molecular weight excluding hydrogens is 478 g/mol. The quantitative estimate of drug-likeness (QED) is 0.253. The molecule has 0 aliphatic heterocycles. The zero-order valence-electron chi connectivity index (χ0n) is 17.4. The highest BCUT2D eigenvalue weighted by Crippen LogP contribution is 2.34. The Bertz CT molecular complexity index is 1540. The number of anilines is 1. The van der Waals surface area contributed by atoms with E-state index in [4.69, 9.17) is 32.0 Å². The van der Waals surface area contributed by atoms with Gasteiger partial charge in [0.15, 0.2) is 5.58 Å². The third kappa shape index (κ3) is 4.59. The van der Waals surface area contributed by atoms with E-state index in [1.807, 2.05) is 0 Å². The van der Waals surface area contributed by atoms with E-state index >= 15 is 0 Å². The molecule has 5 nitrogen and oxygen atoms in total. The number of nitrogens with zero attached hydrogens (tertiary/aromatic N) is 1. The number of oxazole rings is 1. The van der Waals surface area contributed by atoms with Crippen molar-refractivity contribution in [3.63, 3.8) is 0 Å². The molecule has 0 bridgehead atoms. The molecule has 34 heavy (non-hydrogen) atoms. The van der Waals surface area contributed by atoms with Crippen LogP contribution in [0, 0.1) is 5.82 Å². The summed E-state index contributed by atoms with van der Waals surface area (Å²) in [6, 6.07) is 19.7. The van der Waals surface area contributed by atoms with Crippen molar-refractivity contribution in [1.82, 2.24) is 4.98 Å². The van der Waals surface area contributed by atoms with Gasteiger partial charge in [0.05, 0.1) is 10.0 Å². The first kappa shape index (κ1) is 21.9. The Labute approximate surface area is 203 Å². The number of hydrogen-bond donors (Lipinski definition) is 1. The van der Waals surface area contributed by atoms with E-state index in [1.54, 1.807) is 66.7 Å². The lowest BCUT2D eigenvalue weighted by atomic mass is 10.2. The van der Waals surface area contributed by atoms with Crippen LogP contribution in [0.5, 0.6) is 0 Å². The fraction of sp³-hybridized carbons (Fsp3) is 0. The van der Waals surface area contributed by atoms with Crippen LogP contribution in [0.25, 0.3) is 40.0 Å². The van der Waals surface area contributed by atoms with Crippen LogP contribution < -0.4 is 5.32 Å². The Hall–Kier alpha value is -3.87. The zero-order chi connectivity index (χ0) is 23.7. The highest BCUT2D eigenvalue weighted by atomic mass is 35.5. The highest BCUT2D eigenvalue weighted by Gasteiger charge is 2.11. The number of carbonyl (C=O) groups is 1. The molecule has 0 unspecified atom stereocenters. The van der Waals surface area contributed by atoms with Crippen LogP contribution in [0.3, 0.4) is 0 Å². The van der Waals surface area contributed by atoms with Crippen molar-refractivity contribution in [2.24, 2.45) is 0 Å². The summed E-state index contributed by atoms with van der Waals surface area (Å²) in [4.78, 5) is 16.8. The minimum absolute atomic E-state index is 0.336. The average molecular weight is 493 g/mol. The summed E-state index contributed by atoms with van der Waals surface area (Å²) in [5, 5.41) is 3.61. The van der Waals surface area contributed by atoms with E-state index < -0.39 is 0 Å². The van der Waals surface area contributed by atoms with Crippen molar-refractivity contribution >= 4 is 52.0 Å². The molecule has 1 amide bonds. The van der Waals surface area contributed by atoms with Crippen LogP contribution in [-0.2, 0) is 4.79 Å². The van der Waals surface area contributed by atoms with Crippen LogP contribution in [0.15, 0.2) is 87.7 Å². The molecule has 5 aromatic rings. The van der Waals surface area contributed by atoms with Crippen molar-refractivity contribution in [3.05, 3.63) is 100 Å². The van der Waals surface area contributed by atoms with E-state index in [9.17, 15) is 9.18 Å². The SMILES string of the molecule is O=C(C=Cc1ccc(-c2cccc(Cl)c2Cl)o1)Nc1ccc2oc(-c3ccc(F)cc3)nc2c1. The molecule has 3 aromatic carbocycles. The van der Waals surface area contributed by atoms with Gasteiger partial charge in [0, 0.05) is 22.9 Å². The van der Waals surface area contributed by atoms with Crippen molar-refractivity contribution in [1.29, 1.82) is 0 Å². The number of amides is 1. The lowest BCUT2D eigenvalue weighted by Gasteiger charge is -2.02. The molecular formula is C26H15Cl2FN2O3. The number of halogens is 3. The molecule has 0 fully saturated rings. The Morgan fingerprint density at radius 2 is 1.79 bits per heavy atom. The van der Waals surface area contributed by atoms with Crippen LogP contribution in [-0.4, -0.2) is 10.9 Å². The monoisotopic (exact) mass is 492 g/mol. The average Bonchev–Trinajstić information content (AvgIpc) is 3.47. The number of fused-ring (bicyclic) bond motifs is 1. The maximum atomic E-state index is 13.1. The van der Waals surface area contributed by atoms with E-state index in [-0.39, 0.29) is 11.7 Å². The maximum absolute atomic E-state index is 13.1. The number of carbonyl (C=O) groups excluding carboxylic acids is 1. The summed E-state index contributed by atoms with van der Waals surface area (Å²) in [5.41, 5.74) is 2.99. The lowest BCUT2D eigenvalue weighted by molar-refractivity contribution is -0.111. The molecule has 8 heteroatoms. The molecule has 0 radical (unpaired) electrons. The zero-order valence-corrected chi connectivity index (χ0v) is 18.9. The van der Waals surface area contributed by atoms with Gasteiger partial charge >= 0.3 is 0 Å². The van der Waals surface area contributed by atoms with Gasteiger partial charge in [0.2, 0.25) is 11.8 Å². The Morgan fingerprint density at radius 1 is 0.971 bits per heavy atom. The van der Waals surface area contributed by atoms with Crippen molar-refractivity contribution in [2.75, 3.05) is 5.32 Å². The van der Waals surface area contributed by atoms with Gasteiger partial charge in [-0.1, -0.05) is 29.3 Å². The number of furan rings is 1. The third-order valence-electron chi connectivity index (χ3n) is 4.99. The molecule has 0 aliphatic rings. The number of nitrogens with one attached hydrogen (secondary N) is 1. The first-order valence-electron chi connectivity index (χ1n) is 10.2. The van der Waals surface area contributed by atoms with Gasteiger partial charge in [0.1, 0.15) is 22.9 Å². The first-order chi connectivity index (χ1) is 16.5. The van der Waals surface area contributed by atoms with E-state index in [0.717, 1.165) is 0 Å². The third-order valence-corrected chi connectivity index (χ3v) is 5.81. The Balaban J connectivity index is 1.29. The van der Waals surface area contributed by atoms with Crippen molar-refractivity contribution < 1.29 is 18.0 Å². The van der Waals surface area contributed by atoms with Crippen LogP contribution >= 0.6 is 23.2 Å². The fourth-order valence-electron chi connectivity index (χ4n) is 3.34. The summed E-state index contributed by atoms with van der Waals surface area (Å²) in [6.07, 6.45) is 2.91. The largest absolute Gasteiger partial charge is 0.457 e. The molecule has 0 saturated heterocycles. The fourth-order valence-corrected chi connectivity index (χ4v) is 3.74. The molecule has 0 spiro atoms. The van der Waals surface area contributed by atoms with Crippen molar-refractivity contribution in [2.45, 2.75) is 0 Å². The summed E-state index contributed by atoms with van der Waals surface area (Å²) in [6.45, 7) is 0. The van der Waals surface area contributed by atoms with Crippen LogP contribution in [0.4, 0.5) is 10.1 Å². The number of aromatic nitrogens is 1. The second-order valence-corrected chi connectivity index (χ2v) is 8.12. The van der Waals surface area contributed by atoms with Gasteiger partial charge in [-0.3, -0.25) is 4.79 Å². The summed E-state index contributed by atoms with van der Waals surface area (Å²) >= 11 is 12.3.